The lowest BCUT2D eigenvalue weighted by atomic mass is 10.3. The van der Waals surface area contributed by atoms with E-state index in [1.54, 1.807) is 12.0 Å². The van der Waals surface area contributed by atoms with E-state index >= 15 is 0 Å². The minimum Gasteiger partial charge on any atom is -0.383 e. The van der Waals surface area contributed by atoms with Crippen LogP contribution in [0.4, 0.5) is 0 Å². The molecule has 0 saturated heterocycles. The predicted octanol–water partition coefficient (Wildman–Crippen LogP) is 2.53. The maximum absolute atomic E-state index is 13.0. The van der Waals surface area contributed by atoms with Crippen molar-refractivity contribution in [2.45, 2.75) is 11.4 Å². The maximum atomic E-state index is 13.0. The van der Waals surface area contributed by atoms with Crippen molar-refractivity contribution in [3.8, 4) is 0 Å². The highest BCUT2D eigenvalue weighted by molar-refractivity contribution is 7.89. The molecule has 0 aliphatic rings. The van der Waals surface area contributed by atoms with Gasteiger partial charge in [0.05, 0.1) is 24.6 Å². The lowest BCUT2D eigenvalue weighted by Crippen LogP contribution is -2.44. The van der Waals surface area contributed by atoms with Gasteiger partial charge in [0.15, 0.2) is 0 Å². The highest BCUT2D eigenvalue weighted by Gasteiger charge is 2.28. The first-order valence-corrected chi connectivity index (χ1v) is 10.8. The Morgan fingerprint density at radius 2 is 1.97 bits per heavy atom. The Hall–Kier alpha value is -2.13. The summed E-state index contributed by atoms with van der Waals surface area (Å²) in [5.74, 6) is -0.317. The summed E-state index contributed by atoms with van der Waals surface area (Å²) < 4.78 is 34.2. The van der Waals surface area contributed by atoms with Crippen LogP contribution in [-0.4, -0.2) is 61.4 Å². The molecule has 0 saturated carbocycles. The van der Waals surface area contributed by atoms with E-state index in [1.807, 2.05) is 29.9 Å². The normalized spacial score (nSPS) is 11.6. The van der Waals surface area contributed by atoms with Crippen molar-refractivity contribution in [3.63, 3.8) is 0 Å². The summed E-state index contributed by atoms with van der Waals surface area (Å²) in [5, 5.41) is 0.434. The van der Waals surface area contributed by atoms with Crippen LogP contribution in [0.2, 0.25) is 5.02 Å². The fourth-order valence-corrected chi connectivity index (χ4v) is 4.23. The van der Waals surface area contributed by atoms with Gasteiger partial charge in [0.1, 0.15) is 0 Å². The number of halogens is 1. The van der Waals surface area contributed by atoms with E-state index in [0.29, 0.717) is 24.7 Å². The van der Waals surface area contributed by atoms with Crippen molar-refractivity contribution in [2.24, 2.45) is 7.05 Å². The van der Waals surface area contributed by atoms with Crippen molar-refractivity contribution in [2.75, 3.05) is 33.4 Å². The SMILES string of the molecule is C=CCN(CC(=O)N(CCOC)Cc1cccn1C)S(=O)(=O)c1ccc(Cl)cc1. The van der Waals surface area contributed by atoms with Crippen LogP contribution in [-0.2, 0) is 33.1 Å². The molecule has 0 fully saturated rings. The number of hydrogen-bond donors (Lipinski definition) is 0. The summed E-state index contributed by atoms with van der Waals surface area (Å²) in [6.07, 6.45) is 3.35. The van der Waals surface area contributed by atoms with Crippen molar-refractivity contribution >= 4 is 27.5 Å². The number of rotatable bonds is 11. The largest absolute Gasteiger partial charge is 0.383 e. The molecule has 1 heterocycles. The van der Waals surface area contributed by atoms with E-state index in [-0.39, 0.29) is 23.9 Å². The maximum Gasteiger partial charge on any atom is 0.243 e. The van der Waals surface area contributed by atoms with E-state index in [9.17, 15) is 13.2 Å². The summed E-state index contributed by atoms with van der Waals surface area (Å²) >= 11 is 5.86. The molecule has 0 aliphatic heterocycles. The second-order valence-electron chi connectivity index (χ2n) is 6.46. The van der Waals surface area contributed by atoms with Gasteiger partial charge in [-0.15, -0.1) is 6.58 Å². The van der Waals surface area contributed by atoms with Crippen molar-refractivity contribution in [1.82, 2.24) is 13.8 Å². The molecule has 1 amide bonds. The Kier molecular flexibility index (Phi) is 8.45. The number of carbonyl (C=O) groups is 1. The molecule has 29 heavy (non-hydrogen) atoms. The Labute approximate surface area is 177 Å². The molecule has 0 N–H and O–H groups in total. The average molecular weight is 440 g/mol. The number of benzene rings is 1. The van der Waals surface area contributed by atoms with Gasteiger partial charge in [0.25, 0.3) is 0 Å². The third-order valence-corrected chi connectivity index (χ3v) is 6.50. The third kappa shape index (κ3) is 6.17. The molecule has 2 aromatic rings. The van der Waals surface area contributed by atoms with E-state index in [2.05, 4.69) is 6.58 Å². The molecule has 0 bridgehead atoms. The molecule has 0 atom stereocenters. The molecule has 158 valence electrons. The smallest absolute Gasteiger partial charge is 0.243 e. The number of sulfonamides is 1. The van der Waals surface area contributed by atoms with E-state index in [0.717, 1.165) is 10.00 Å². The van der Waals surface area contributed by atoms with Gasteiger partial charge >= 0.3 is 0 Å². The molecular weight excluding hydrogens is 414 g/mol. The number of amides is 1. The van der Waals surface area contributed by atoms with Crippen LogP contribution in [0.15, 0.2) is 60.1 Å². The molecule has 1 aromatic heterocycles. The van der Waals surface area contributed by atoms with E-state index in [1.165, 1.54) is 30.3 Å². The molecule has 0 aliphatic carbocycles. The second kappa shape index (κ2) is 10.6. The molecule has 0 spiro atoms. The van der Waals surface area contributed by atoms with Gasteiger partial charge in [-0.2, -0.15) is 4.31 Å². The zero-order valence-electron chi connectivity index (χ0n) is 16.6. The fourth-order valence-electron chi connectivity index (χ4n) is 2.75. The first-order chi connectivity index (χ1) is 13.8. The molecule has 7 nitrogen and oxygen atoms in total. The number of methoxy groups -OCH3 is 1. The van der Waals surface area contributed by atoms with Gasteiger partial charge in [-0.1, -0.05) is 17.7 Å². The Morgan fingerprint density at radius 1 is 1.28 bits per heavy atom. The summed E-state index contributed by atoms with van der Waals surface area (Å²) in [6, 6.07) is 9.66. The van der Waals surface area contributed by atoms with Crippen molar-refractivity contribution < 1.29 is 17.9 Å². The molecular formula is C20H26ClN3O4S. The molecule has 0 unspecified atom stereocenters. The summed E-state index contributed by atoms with van der Waals surface area (Å²) in [4.78, 5) is 14.7. The van der Waals surface area contributed by atoms with Crippen molar-refractivity contribution in [1.29, 1.82) is 0 Å². The Balaban J connectivity index is 2.23. The van der Waals surface area contributed by atoms with Gasteiger partial charge in [-0.3, -0.25) is 4.79 Å². The fraction of sp³-hybridized carbons (Fsp3) is 0.350. The van der Waals surface area contributed by atoms with Crippen LogP contribution in [0.1, 0.15) is 5.69 Å². The minimum absolute atomic E-state index is 0.0129. The number of carbonyl (C=O) groups excluding carboxylic acids is 1. The van der Waals surface area contributed by atoms with Gasteiger partial charge in [-0.25, -0.2) is 8.42 Å². The van der Waals surface area contributed by atoms with Gasteiger partial charge in [0, 0.05) is 44.2 Å². The zero-order valence-corrected chi connectivity index (χ0v) is 18.2. The van der Waals surface area contributed by atoms with Crippen molar-refractivity contribution in [3.05, 3.63) is 66.0 Å². The Bertz CT molecular complexity index is 925. The van der Waals surface area contributed by atoms with Crippen LogP contribution in [0.5, 0.6) is 0 Å². The highest BCUT2D eigenvalue weighted by atomic mass is 35.5. The van der Waals surface area contributed by atoms with Crippen LogP contribution in [0.3, 0.4) is 0 Å². The monoisotopic (exact) mass is 439 g/mol. The van der Waals surface area contributed by atoms with Crippen LogP contribution in [0.25, 0.3) is 0 Å². The topological polar surface area (TPSA) is 71.8 Å². The zero-order chi connectivity index (χ0) is 21.4. The Morgan fingerprint density at radius 3 is 2.52 bits per heavy atom. The number of hydrogen-bond acceptors (Lipinski definition) is 4. The average Bonchev–Trinajstić information content (AvgIpc) is 3.09. The number of aryl methyl sites for hydroxylation is 1. The minimum atomic E-state index is -3.88. The first-order valence-electron chi connectivity index (χ1n) is 9.03. The van der Waals surface area contributed by atoms with Gasteiger partial charge in [-0.05, 0) is 36.4 Å². The molecule has 0 radical (unpaired) electrons. The van der Waals surface area contributed by atoms with Crippen LogP contribution in [0, 0.1) is 0 Å². The number of aromatic nitrogens is 1. The number of nitrogens with zero attached hydrogens (tertiary/aromatic N) is 3. The lowest BCUT2D eigenvalue weighted by Gasteiger charge is -2.27. The van der Waals surface area contributed by atoms with Crippen LogP contribution >= 0.6 is 11.6 Å². The standard InChI is InChI=1S/C20H26ClN3O4S/c1-4-11-24(29(26,27)19-9-7-17(21)8-10-19)16-20(25)23(13-14-28-3)15-18-6-5-12-22(18)2/h4-10,12H,1,11,13-16H2,2-3H3. The van der Waals surface area contributed by atoms with E-state index in [4.69, 9.17) is 16.3 Å². The predicted molar refractivity (Wildman–Crippen MR) is 113 cm³/mol. The van der Waals surface area contributed by atoms with E-state index < -0.39 is 10.0 Å². The third-order valence-electron chi connectivity index (χ3n) is 4.42. The van der Waals surface area contributed by atoms with Gasteiger partial charge < -0.3 is 14.2 Å². The molecule has 2 rings (SSSR count). The first kappa shape index (κ1) is 23.2. The number of ether oxygens (including phenoxy) is 1. The second-order valence-corrected chi connectivity index (χ2v) is 8.83. The van der Waals surface area contributed by atoms with Gasteiger partial charge in [0.2, 0.25) is 15.9 Å². The quantitative estimate of drug-likeness (QED) is 0.504. The summed E-state index contributed by atoms with van der Waals surface area (Å²) in [5.41, 5.74) is 0.935. The summed E-state index contributed by atoms with van der Waals surface area (Å²) in [6.45, 7) is 4.39. The van der Waals surface area contributed by atoms with Crippen LogP contribution < -0.4 is 0 Å². The lowest BCUT2D eigenvalue weighted by molar-refractivity contribution is -0.132. The summed E-state index contributed by atoms with van der Waals surface area (Å²) in [7, 11) is -0.432. The highest BCUT2D eigenvalue weighted by Crippen LogP contribution is 2.19. The molecule has 9 heteroatoms. The molecule has 1 aromatic carbocycles.